The summed E-state index contributed by atoms with van der Waals surface area (Å²) in [4.78, 5) is 24.5. The molecule has 0 amide bonds. The average molecular weight is 322 g/mol. The molecule has 1 aliphatic rings. The number of ether oxygens (including phenoxy) is 2. The van der Waals surface area contributed by atoms with Crippen LogP contribution >= 0.6 is 0 Å². The number of esters is 2. The van der Waals surface area contributed by atoms with Crippen LogP contribution in [0.2, 0.25) is 0 Å². The van der Waals surface area contributed by atoms with E-state index in [1.807, 2.05) is 6.08 Å². The van der Waals surface area contributed by atoms with Crippen molar-refractivity contribution in [1.82, 2.24) is 0 Å². The fraction of sp³-hybridized carbons (Fsp3) is 0.684. The third-order valence-corrected chi connectivity index (χ3v) is 4.06. The highest BCUT2D eigenvalue weighted by Gasteiger charge is 2.35. The fourth-order valence-electron chi connectivity index (χ4n) is 3.07. The van der Waals surface area contributed by atoms with Gasteiger partial charge in [-0.3, -0.25) is 0 Å². The molecule has 0 spiro atoms. The molecule has 0 saturated carbocycles. The van der Waals surface area contributed by atoms with Gasteiger partial charge in [0.05, 0.1) is 18.8 Å². The molecule has 0 saturated heterocycles. The van der Waals surface area contributed by atoms with Gasteiger partial charge in [0, 0.05) is 5.57 Å². The van der Waals surface area contributed by atoms with Crippen molar-refractivity contribution in [2.75, 3.05) is 13.2 Å². The van der Waals surface area contributed by atoms with Crippen molar-refractivity contribution in [2.24, 2.45) is 23.7 Å². The van der Waals surface area contributed by atoms with Crippen LogP contribution in [-0.4, -0.2) is 25.2 Å². The van der Waals surface area contributed by atoms with E-state index in [0.717, 1.165) is 6.42 Å². The van der Waals surface area contributed by atoms with Crippen molar-refractivity contribution in [3.63, 3.8) is 0 Å². The van der Waals surface area contributed by atoms with Crippen LogP contribution in [0.1, 0.15) is 48.0 Å². The molecule has 1 aliphatic carbocycles. The second kappa shape index (κ2) is 8.90. The predicted molar refractivity (Wildman–Crippen MR) is 90.7 cm³/mol. The van der Waals surface area contributed by atoms with Crippen molar-refractivity contribution in [1.29, 1.82) is 0 Å². The number of hydrogen-bond acceptors (Lipinski definition) is 4. The van der Waals surface area contributed by atoms with Gasteiger partial charge in [-0.25, -0.2) is 9.59 Å². The maximum atomic E-state index is 12.4. The molecule has 0 fully saturated rings. The number of rotatable bonds is 7. The third kappa shape index (κ3) is 5.22. The first kappa shape index (κ1) is 19.5. The fourth-order valence-corrected chi connectivity index (χ4v) is 3.07. The zero-order valence-corrected chi connectivity index (χ0v) is 15.2. The highest BCUT2D eigenvalue weighted by atomic mass is 16.5. The Kier molecular flexibility index (Phi) is 7.53. The van der Waals surface area contributed by atoms with Crippen LogP contribution in [0.3, 0.4) is 0 Å². The highest BCUT2D eigenvalue weighted by molar-refractivity contribution is 5.97. The van der Waals surface area contributed by atoms with Gasteiger partial charge in [-0.05, 0) is 50.0 Å². The molecule has 4 heteroatoms. The average Bonchev–Trinajstić information content (AvgIpc) is 2.46. The van der Waals surface area contributed by atoms with Gasteiger partial charge in [0.15, 0.2) is 0 Å². The first-order valence-corrected chi connectivity index (χ1v) is 8.59. The highest BCUT2D eigenvalue weighted by Crippen LogP contribution is 2.39. The van der Waals surface area contributed by atoms with Crippen LogP contribution in [0.5, 0.6) is 0 Å². The summed E-state index contributed by atoms with van der Waals surface area (Å²) >= 11 is 0. The lowest BCUT2D eigenvalue weighted by Gasteiger charge is -2.33. The molecule has 0 aromatic rings. The lowest BCUT2D eigenvalue weighted by molar-refractivity contribution is -0.139. The van der Waals surface area contributed by atoms with E-state index in [-0.39, 0.29) is 23.8 Å². The molecule has 4 nitrogen and oxygen atoms in total. The van der Waals surface area contributed by atoms with Gasteiger partial charge in [-0.1, -0.05) is 33.8 Å². The molecule has 23 heavy (non-hydrogen) atoms. The van der Waals surface area contributed by atoms with E-state index in [1.165, 1.54) is 0 Å². The molecule has 0 radical (unpaired) electrons. The largest absolute Gasteiger partial charge is 0.463 e. The normalized spacial score (nSPS) is 21.0. The first-order valence-electron chi connectivity index (χ1n) is 8.59. The van der Waals surface area contributed by atoms with Crippen molar-refractivity contribution in [3.8, 4) is 0 Å². The van der Waals surface area contributed by atoms with E-state index in [2.05, 4.69) is 27.7 Å². The number of allylic oxidation sites excluding steroid dienone is 1. The smallest absolute Gasteiger partial charge is 0.337 e. The third-order valence-electron chi connectivity index (χ3n) is 4.06. The van der Waals surface area contributed by atoms with Crippen LogP contribution in [0.15, 0.2) is 23.3 Å². The van der Waals surface area contributed by atoms with Gasteiger partial charge < -0.3 is 9.47 Å². The molecular weight excluding hydrogens is 292 g/mol. The summed E-state index contributed by atoms with van der Waals surface area (Å²) in [6, 6.07) is 0. The van der Waals surface area contributed by atoms with Gasteiger partial charge >= 0.3 is 11.9 Å². The molecule has 1 rings (SSSR count). The van der Waals surface area contributed by atoms with E-state index in [9.17, 15) is 9.59 Å². The van der Waals surface area contributed by atoms with Gasteiger partial charge in [-0.2, -0.15) is 0 Å². The molecule has 0 N–H and O–H groups in total. The molecule has 0 aromatic carbocycles. The van der Waals surface area contributed by atoms with Gasteiger partial charge in [-0.15, -0.1) is 0 Å². The predicted octanol–water partition coefficient (Wildman–Crippen LogP) is 3.91. The van der Waals surface area contributed by atoms with Crippen molar-refractivity contribution in [3.05, 3.63) is 23.3 Å². The molecule has 0 unspecified atom stereocenters. The minimum absolute atomic E-state index is 0.0761. The zero-order valence-electron chi connectivity index (χ0n) is 15.2. The molecule has 130 valence electrons. The molecule has 0 bridgehead atoms. The number of carbonyl (C=O) groups excluding carboxylic acids is 2. The Morgan fingerprint density at radius 1 is 1.04 bits per heavy atom. The lowest BCUT2D eigenvalue weighted by Crippen LogP contribution is -2.30. The van der Waals surface area contributed by atoms with E-state index in [4.69, 9.17) is 9.47 Å². The van der Waals surface area contributed by atoms with Crippen LogP contribution in [0.25, 0.3) is 0 Å². The molecular formula is C19H30O4. The minimum Gasteiger partial charge on any atom is -0.463 e. The van der Waals surface area contributed by atoms with E-state index in [1.54, 1.807) is 19.9 Å². The summed E-state index contributed by atoms with van der Waals surface area (Å²) in [6.45, 7) is 12.7. The quantitative estimate of drug-likeness (QED) is 0.667. The Balaban J connectivity index is 3.25. The van der Waals surface area contributed by atoms with E-state index < -0.39 is 0 Å². The van der Waals surface area contributed by atoms with Gasteiger partial charge in [0.25, 0.3) is 0 Å². The second-order valence-electron chi connectivity index (χ2n) is 6.72. The molecule has 0 heterocycles. The monoisotopic (exact) mass is 322 g/mol. The molecule has 0 aliphatic heterocycles. The van der Waals surface area contributed by atoms with Crippen LogP contribution < -0.4 is 0 Å². The van der Waals surface area contributed by atoms with Crippen molar-refractivity contribution >= 4 is 11.9 Å². The van der Waals surface area contributed by atoms with Crippen LogP contribution in [-0.2, 0) is 19.1 Å². The summed E-state index contributed by atoms with van der Waals surface area (Å²) in [5, 5.41) is 0. The Morgan fingerprint density at radius 2 is 1.61 bits per heavy atom. The SMILES string of the molecule is CCOC(=O)C1=C[C@H](C(C)C)[C@@H](CC(C)C)C(C(=O)OCC)=C1. The number of hydrogen-bond donors (Lipinski definition) is 0. The topological polar surface area (TPSA) is 52.6 Å². The molecule has 0 aromatic heterocycles. The van der Waals surface area contributed by atoms with Gasteiger partial charge in [0.1, 0.15) is 0 Å². The summed E-state index contributed by atoms with van der Waals surface area (Å²) in [5.74, 6) is 0.285. The summed E-state index contributed by atoms with van der Waals surface area (Å²) < 4.78 is 10.3. The van der Waals surface area contributed by atoms with E-state index in [0.29, 0.717) is 36.2 Å². The maximum absolute atomic E-state index is 12.4. The van der Waals surface area contributed by atoms with Gasteiger partial charge in [0.2, 0.25) is 0 Å². The van der Waals surface area contributed by atoms with Crippen molar-refractivity contribution < 1.29 is 19.1 Å². The summed E-state index contributed by atoms with van der Waals surface area (Å²) in [5.41, 5.74) is 1.07. The van der Waals surface area contributed by atoms with Crippen LogP contribution in [0, 0.1) is 23.7 Å². The lowest BCUT2D eigenvalue weighted by atomic mass is 9.71. The standard InChI is InChI=1S/C19H30O4/c1-7-22-18(20)14-10-15(13(5)6)16(9-12(3)4)17(11-14)19(21)23-8-2/h10-13,15-16H,7-9H2,1-6H3/t15-,16-/m1/s1. The Morgan fingerprint density at radius 3 is 2.09 bits per heavy atom. The minimum atomic E-state index is -0.372. The zero-order chi connectivity index (χ0) is 17.6. The van der Waals surface area contributed by atoms with E-state index >= 15 is 0 Å². The van der Waals surface area contributed by atoms with Crippen molar-refractivity contribution in [2.45, 2.75) is 48.0 Å². The second-order valence-corrected chi connectivity index (χ2v) is 6.72. The Bertz CT molecular complexity index is 486. The first-order chi connectivity index (χ1) is 10.8. The summed E-state index contributed by atoms with van der Waals surface area (Å²) in [7, 11) is 0. The maximum Gasteiger partial charge on any atom is 0.337 e. The molecule has 2 atom stereocenters. The Labute approximate surface area is 139 Å². The Hall–Kier alpha value is -1.58. The summed E-state index contributed by atoms with van der Waals surface area (Å²) in [6.07, 6.45) is 4.53. The number of carbonyl (C=O) groups is 2. The van der Waals surface area contributed by atoms with Crippen LogP contribution in [0.4, 0.5) is 0 Å².